The molecule has 0 aromatic heterocycles. The highest BCUT2D eigenvalue weighted by molar-refractivity contribution is 6.05. The maximum absolute atomic E-state index is 13.0. The van der Waals surface area contributed by atoms with Crippen molar-refractivity contribution in [3.63, 3.8) is 0 Å². The number of benzene rings is 3. The summed E-state index contributed by atoms with van der Waals surface area (Å²) in [6, 6.07) is 16.5. The van der Waals surface area contributed by atoms with Gasteiger partial charge in [0.05, 0.1) is 5.56 Å². The van der Waals surface area contributed by atoms with Crippen LogP contribution in [0.2, 0.25) is 0 Å². The third kappa shape index (κ3) is 5.12. The molecule has 3 aromatic carbocycles. The molecule has 3 aromatic rings. The lowest BCUT2D eigenvalue weighted by molar-refractivity contribution is -0.143. The maximum Gasteiger partial charge on any atom is 0.329 e. The molecule has 0 bridgehead atoms. The Hall–Kier alpha value is -3.61. The average molecular weight is 425 g/mol. The first-order valence-electron chi connectivity index (χ1n) is 9.93. The van der Waals surface area contributed by atoms with Crippen molar-refractivity contribution in [2.45, 2.75) is 25.8 Å². The molecule has 0 heterocycles. The Morgan fingerprint density at radius 2 is 1.68 bits per heavy atom. The van der Waals surface area contributed by atoms with Gasteiger partial charge in [-0.05, 0) is 49.1 Å². The quantitative estimate of drug-likeness (QED) is 0.496. The number of carboxylic acids is 1. The van der Waals surface area contributed by atoms with Gasteiger partial charge in [-0.15, -0.1) is 0 Å². The van der Waals surface area contributed by atoms with Crippen LogP contribution in [0, 0.1) is 5.82 Å². The van der Waals surface area contributed by atoms with Gasteiger partial charge in [-0.2, -0.15) is 0 Å². The number of carbonyl (C=O) groups is 2. The molecular formula is C24H24FNO5. The second-order valence-corrected chi connectivity index (χ2v) is 7.26. The number of fused-ring (bicyclic) bond motifs is 1. The molecule has 7 heteroatoms. The van der Waals surface area contributed by atoms with Gasteiger partial charge in [0.25, 0.3) is 5.91 Å². The first kappa shape index (κ1) is 22.1. The summed E-state index contributed by atoms with van der Waals surface area (Å²) in [6.07, 6.45) is 0.226. The van der Waals surface area contributed by atoms with Gasteiger partial charge >= 0.3 is 5.97 Å². The highest BCUT2D eigenvalue weighted by atomic mass is 19.1. The highest BCUT2D eigenvalue weighted by Crippen LogP contribution is 2.30. The normalized spacial score (nSPS) is 12.7. The average Bonchev–Trinajstić information content (AvgIpc) is 2.77. The number of carboxylic acid groups (broad SMARTS) is 1. The predicted molar refractivity (Wildman–Crippen MR) is 115 cm³/mol. The fraction of sp³-hybridized carbons (Fsp3) is 0.250. The molecule has 0 saturated carbocycles. The summed E-state index contributed by atoms with van der Waals surface area (Å²) in [6.45, 7) is 3.47. The standard InChI is InChI=1S/C24H24FNO5/c1-3-24(2,23(28)29)26-22(27)20-13-8-16-6-4-5-7-19(16)21(20)31-15-14-30-18-11-9-17(25)10-12-18/h4-13H,3,14-15H2,1-2H3,(H,26,27)(H,28,29). The number of hydrogen-bond donors (Lipinski definition) is 2. The fourth-order valence-corrected chi connectivity index (χ4v) is 3.02. The van der Waals surface area contributed by atoms with Crippen molar-refractivity contribution < 1.29 is 28.6 Å². The lowest BCUT2D eigenvalue weighted by Crippen LogP contribution is -2.51. The molecule has 0 saturated heterocycles. The van der Waals surface area contributed by atoms with Gasteiger partial charge in [0.1, 0.15) is 36.1 Å². The largest absolute Gasteiger partial charge is 0.490 e. The van der Waals surface area contributed by atoms with E-state index < -0.39 is 17.4 Å². The summed E-state index contributed by atoms with van der Waals surface area (Å²) in [5.74, 6) is -1.15. The van der Waals surface area contributed by atoms with E-state index >= 15 is 0 Å². The second kappa shape index (κ2) is 9.47. The number of amides is 1. The minimum atomic E-state index is -1.40. The summed E-state index contributed by atoms with van der Waals surface area (Å²) < 4.78 is 24.5. The smallest absolute Gasteiger partial charge is 0.329 e. The Balaban J connectivity index is 1.81. The zero-order valence-corrected chi connectivity index (χ0v) is 17.4. The first-order chi connectivity index (χ1) is 14.8. The van der Waals surface area contributed by atoms with Gasteiger partial charge in [-0.1, -0.05) is 37.3 Å². The molecule has 162 valence electrons. The van der Waals surface area contributed by atoms with Gasteiger partial charge < -0.3 is 19.9 Å². The van der Waals surface area contributed by atoms with E-state index in [0.717, 1.165) is 10.8 Å². The lowest BCUT2D eigenvalue weighted by atomic mass is 9.97. The Bertz CT molecular complexity index is 1080. The monoisotopic (exact) mass is 425 g/mol. The third-order valence-corrected chi connectivity index (χ3v) is 5.10. The number of aliphatic carboxylic acids is 1. The van der Waals surface area contributed by atoms with Crippen LogP contribution in [-0.4, -0.2) is 35.7 Å². The molecule has 0 aliphatic heterocycles. The number of ether oxygens (including phenoxy) is 2. The minimum absolute atomic E-state index is 0.135. The van der Waals surface area contributed by atoms with E-state index in [9.17, 15) is 19.1 Å². The van der Waals surface area contributed by atoms with Crippen molar-refractivity contribution in [3.8, 4) is 11.5 Å². The molecule has 1 amide bonds. The Morgan fingerprint density at radius 1 is 1.00 bits per heavy atom. The molecule has 1 atom stereocenters. The van der Waals surface area contributed by atoms with Crippen molar-refractivity contribution in [2.24, 2.45) is 0 Å². The summed E-state index contributed by atoms with van der Waals surface area (Å²) in [5.41, 5.74) is -1.16. The van der Waals surface area contributed by atoms with Crippen LogP contribution in [0.1, 0.15) is 30.6 Å². The van der Waals surface area contributed by atoms with Gasteiger partial charge in [-0.3, -0.25) is 4.79 Å². The van der Waals surface area contributed by atoms with E-state index in [4.69, 9.17) is 9.47 Å². The van der Waals surface area contributed by atoms with Gasteiger partial charge in [0.2, 0.25) is 0 Å². The third-order valence-electron chi connectivity index (χ3n) is 5.10. The number of hydrogen-bond acceptors (Lipinski definition) is 4. The Morgan fingerprint density at radius 3 is 2.35 bits per heavy atom. The van der Waals surface area contributed by atoms with Crippen LogP contribution >= 0.6 is 0 Å². The molecule has 1 unspecified atom stereocenters. The molecule has 2 N–H and O–H groups in total. The molecule has 0 radical (unpaired) electrons. The zero-order valence-electron chi connectivity index (χ0n) is 17.4. The number of halogens is 1. The predicted octanol–water partition coefficient (Wildman–Crippen LogP) is 4.42. The Labute approximate surface area is 179 Å². The van der Waals surface area contributed by atoms with Gasteiger partial charge in [0, 0.05) is 5.39 Å². The van der Waals surface area contributed by atoms with Crippen LogP contribution < -0.4 is 14.8 Å². The number of carbonyl (C=O) groups excluding carboxylic acids is 1. The molecule has 31 heavy (non-hydrogen) atoms. The fourth-order valence-electron chi connectivity index (χ4n) is 3.02. The summed E-state index contributed by atoms with van der Waals surface area (Å²) >= 11 is 0. The summed E-state index contributed by atoms with van der Waals surface area (Å²) in [4.78, 5) is 24.6. The van der Waals surface area contributed by atoms with E-state index in [-0.39, 0.29) is 31.0 Å². The van der Waals surface area contributed by atoms with Crippen LogP contribution in [0.25, 0.3) is 10.8 Å². The van der Waals surface area contributed by atoms with E-state index in [1.807, 2.05) is 24.3 Å². The van der Waals surface area contributed by atoms with Gasteiger partial charge in [0.15, 0.2) is 0 Å². The van der Waals surface area contributed by atoms with E-state index in [1.54, 1.807) is 19.1 Å². The van der Waals surface area contributed by atoms with Gasteiger partial charge in [-0.25, -0.2) is 9.18 Å². The lowest BCUT2D eigenvalue weighted by Gasteiger charge is -2.25. The molecule has 0 spiro atoms. The summed E-state index contributed by atoms with van der Waals surface area (Å²) in [7, 11) is 0. The van der Waals surface area contributed by atoms with Crippen molar-refractivity contribution in [1.29, 1.82) is 0 Å². The molecule has 0 fully saturated rings. The number of nitrogens with one attached hydrogen (secondary N) is 1. The van der Waals surface area contributed by atoms with E-state index in [2.05, 4.69) is 5.32 Å². The van der Waals surface area contributed by atoms with Crippen molar-refractivity contribution >= 4 is 22.6 Å². The zero-order chi connectivity index (χ0) is 22.4. The van der Waals surface area contributed by atoms with Crippen LogP contribution in [0.4, 0.5) is 4.39 Å². The Kier molecular flexibility index (Phi) is 6.74. The topological polar surface area (TPSA) is 84.9 Å². The van der Waals surface area contributed by atoms with E-state index in [1.165, 1.54) is 31.2 Å². The summed E-state index contributed by atoms with van der Waals surface area (Å²) in [5, 5.41) is 13.7. The highest BCUT2D eigenvalue weighted by Gasteiger charge is 2.34. The van der Waals surface area contributed by atoms with Crippen molar-refractivity contribution in [2.75, 3.05) is 13.2 Å². The second-order valence-electron chi connectivity index (χ2n) is 7.26. The molecule has 6 nitrogen and oxygen atoms in total. The van der Waals surface area contributed by atoms with Crippen LogP contribution in [0.15, 0.2) is 60.7 Å². The number of rotatable bonds is 9. The van der Waals surface area contributed by atoms with Crippen LogP contribution in [0.3, 0.4) is 0 Å². The molecule has 3 rings (SSSR count). The maximum atomic E-state index is 13.0. The molecule has 0 aliphatic rings. The van der Waals surface area contributed by atoms with Crippen molar-refractivity contribution in [3.05, 3.63) is 72.0 Å². The van der Waals surface area contributed by atoms with Crippen molar-refractivity contribution in [1.82, 2.24) is 5.32 Å². The molecule has 0 aliphatic carbocycles. The minimum Gasteiger partial charge on any atom is -0.490 e. The van der Waals surface area contributed by atoms with Crippen LogP contribution in [0.5, 0.6) is 11.5 Å². The first-order valence-corrected chi connectivity index (χ1v) is 9.93. The van der Waals surface area contributed by atoms with E-state index in [0.29, 0.717) is 11.5 Å². The SMILES string of the molecule is CCC(C)(NC(=O)c1ccc2ccccc2c1OCCOc1ccc(F)cc1)C(=O)O. The molecular weight excluding hydrogens is 401 g/mol. The van der Waals surface area contributed by atoms with Crippen LogP contribution in [-0.2, 0) is 4.79 Å².